The molecule has 3 heteroatoms. The molecular formula is C30H33NO2. The zero-order chi connectivity index (χ0) is 23.0. The van der Waals surface area contributed by atoms with Crippen LogP contribution in [0.2, 0.25) is 0 Å². The number of hydrogen-bond donors (Lipinski definition) is 1. The minimum atomic E-state index is 0.304. The van der Waals surface area contributed by atoms with Crippen molar-refractivity contribution in [2.75, 3.05) is 0 Å². The predicted octanol–water partition coefficient (Wildman–Crippen LogP) is 7.72. The number of oxime groups is 1. The zero-order valence-electron chi connectivity index (χ0n) is 19.4. The van der Waals surface area contributed by atoms with Crippen molar-refractivity contribution in [3.05, 3.63) is 108 Å². The maximum atomic E-state index is 9.60. The van der Waals surface area contributed by atoms with E-state index in [1.807, 2.05) is 13.0 Å². The van der Waals surface area contributed by atoms with Gasteiger partial charge in [-0.05, 0) is 72.8 Å². The van der Waals surface area contributed by atoms with E-state index in [0.29, 0.717) is 24.2 Å². The van der Waals surface area contributed by atoms with E-state index < -0.39 is 0 Å². The predicted molar refractivity (Wildman–Crippen MR) is 136 cm³/mol. The lowest BCUT2D eigenvalue weighted by molar-refractivity contribution is 0.130. The number of rotatable bonds is 9. The van der Waals surface area contributed by atoms with Crippen molar-refractivity contribution >= 4 is 5.71 Å². The maximum Gasteiger partial charge on any atom is 0.142 e. The summed E-state index contributed by atoms with van der Waals surface area (Å²) < 4.78 is 0. The van der Waals surface area contributed by atoms with Crippen LogP contribution in [0.15, 0.2) is 96.4 Å². The van der Waals surface area contributed by atoms with E-state index in [0.717, 1.165) is 36.1 Å². The minimum absolute atomic E-state index is 0.304. The largest absolute Gasteiger partial charge is 0.513 e. The highest BCUT2D eigenvalue weighted by molar-refractivity contribution is 5.98. The zero-order valence-corrected chi connectivity index (χ0v) is 19.4. The molecule has 0 saturated heterocycles. The number of benzene rings is 3. The molecule has 33 heavy (non-hydrogen) atoms. The lowest BCUT2D eigenvalue weighted by Crippen LogP contribution is -2.01. The summed E-state index contributed by atoms with van der Waals surface area (Å²) in [7, 11) is 0. The highest BCUT2D eigenvalue weighted by atomic mass is 16.6. The van der Waals surface area contributed by atoms with Crippen molar-refractivity contribution in [3.8, 4) is 11.1 Å². The van der Waals surface area contributed by atoms with Gasteiger partial charge in [-0.2, -0.15) is 0 Å². The molecule has 0 aliphatic heterocycles. The number of nitrogens with zero attached hydrogens (tertiary/aromatic N) is 1. The molecule has 1 aliphatic carbocycles. The molecule has 0 spiro atoms. The van der Waals surface area contributed by atoms with E-state index in [9.17, 15) is 5.11 Å². The van der Waals surface area contributed by atoms with Gasteiger partial charge in [-0.3, -0.25) is 0 Å². The third-order valence-corrected chi connectivity index (χ3v) is 6.72. The smallest absolute Gasteiger partial charge is 0.142 e. The van der Waals surface area contributed by atoms with Crippen molar-refractivity contribution in [3.63, 3.8) is 0 Å². The van der Waals surface area contributed by atoms with Crippen LogP contribution in [0.1, 0.15) is 49.3 Å². The Morgan fingerprint density at radius 3 is 2.24 bits per heavy atom. The normalized spacial score (nSPS) is 18.3. The van der Waals surface area contributed by atoms with Gasteiger partial charge in [-0.25, -0.2) is 0 Å². The second-order valence-electron chi connectivity index (χ2n) is 9.12. The maximum absolute atomic E-state index is 9.60. The molecule has 0 bridgehead atoms. The fourth-order valence-electron chi connectivity index (χ4n) is 4.60. The Labute approximate surface area is 197 Å². The second-order valence-corrected chi connectivity index (χ2v) is 9.12. The molecule has 1 fully saturated rings. The summed E-state index contributed by atoms with van der Waals surface area (Å²) in [6, 6.07) is 27.4. The van der Waals surface area contributed by atoms with Crippen LogP contribution in [0.3, 0.4) is 0 Å². The van der Waals surface area contributed by atoms with Gasteiger partial charge in [0.1, 0.15) is 6.61 Å². The van der Waals surface area contributed by atoms with Crippen LogP contribution in [-0.2, 0) is 17.9 Å². The van der Waals surface area contributed by atoms with Crippen LogP contribution < -0.4 is 0 Å². The molecule has 0 radical (unpaired) electrons. The Morgan fingerprint density at radius 1 is 0.909 bits per heavy atom. The van der Waals surface area contributed by atoms with E-state index in [-0.39, 0.29) is 0 Å². The average Bonchev–Trinajstić information content (AvgIpc) is 3.34. The lowest BCUT2D eigenvalue weighted by atomic mass is 9.96. The van der Waals surface area contributed by atoms with E-state index in [1.165, 1.54) is 29.5 Å². The van der Waals surface area contributed by atoms with Gasteiger partial charge in [0.2, 0.25) is 0 Å². The topological polar surface area (TPSA) is 41.8 Å². The Balaban J connectivity index is 1.24. The van der Waals surface area contributed by atoms with Crippen molar-refractivity contribution < 1.29 is 9.94 Å². The molecule has 0 heterocycles. The Kier molecular flexibility index (Phi) is 7.62. The van der Waals surface area contributed by atoms with Crippen molar-refractivity contribution in [2.24, 2.45) is 17.0 Å². The van der Waals surface area contributed by atoms with Gasteiger partial charge in [0.25, 0.3) is 0 Å². The van der Waals surface area contributed by atoms with Crippen LogP contribution in [0.4, 0.5) is 0 Å². The van der Waals surface area contributed by atoms with Crippen molar-refractivity contribution in [2.45, 2.75) is 45.6 Å². The first-order valence-corrected chi connectivity index (χ1v) is 11.9. The van der Waals surface area contributed by atoms with E-state index in [4.69, 9.17) is 4.84 Å². The minimum Gasteiger partial charge on any atom is -0.513 e. The first kappa shape index (κ1) is 22.8. The number of allylic oxidation sites excluding steroid dienone is 1. The fraction of sp³-hybridized carbons (Fsp3) is 0.300. The second kappa shape index (κ2) is 11.0. The Hall–Kier alpha value is -3.33. The van der Waals surface area contributed by atoms with Crippen LogP contribution >= 0.6 is 0 Å². The summed E-state index contributed by atoms with van der Waals surface area (Å²) in [5, 5.41) is 13.9. The van der Waals surface area contributed by atoms with E-state index in [1.54, 1.807) is 0 Å². The molecule has 3 aromatic carbocycles. The first-order valence-electron chi connectivity index (χ1n) is 11.9. The standard InChI is InChI=1S/C30H33NO2/c1-22(31-33-21-26-13-17-29(18-14-26)28-6-4-3-5-7-28)27-15-10-24(11-16-27)8-9-25-12-19-30(20-25)23(2)32/h3-7,10-11,13-18,25,30,32H,2,8-9,12,19-21H2,1H3/b31-22+. The van der Waals surface area contributed by atoms with Gasteiger partial charge >= 0.3 is 0 Å². The number of hydrogen-bond acceptors (Lipinski definition) is 3. The number of aryl methyl sites for hydroxylation is 1. The highest BCUT2D eigenvalue weighted by Crippen LogP contribution is 2.36. The van der Waals surface area contributed by atoms with Crippen LogP contribution in [0, 0.1) is 11.8 Å². The molecule has 2 atom stereocenters. The van der Waals surface area contributed by atoms with E-state index >= 15 is 0 Å². The average molecular weight is 440 g/mol. The highest BCUT2D eigenvalue weighted by Gasteiger charge is 2.26. The van der Waals surface area contributed by atoms with E-state index in [2.05, 4.69) is 84.5 Å². The quantitative estimate of drug-likeness (QED) is 0.211. The number of aliphatic hydroxyl groups excluding tert-OH is 1. The summed E-state index contributed by atoms with van der Waals surface area (Å²) >= 11 is 0. The monoisotopic (exact) mass is 439 g/mol. The summed E-state index contributed by atoms with van der Waals surface area (Å²) in [6.07, 6.45) is 5.58. The van der Waals surface area contributed by atoms with Gasteiger partial charge in [-0.15, -0.1) is 0 Å². The van der Waals surface area contributed by atoms with Crippen LogP contribution in [-0.4, -0.2) is 10.8 Å². The Bertz CT molecular complexity index is 1070. The van der Waals surface area contributed by atoms with Gasteiger partial charge in [0, 0.05) is 5.92 Å². The van der Waals surface area contributed by atoms with Gasteiger partial charge in [0.15, 0.2) is 0 Å². The fourth-order valence-corrected chi connectivity index (χ4v) is 4.60. The van der Waals surface area contributed by atoms with Gasteiger partial charge in [0.05, 0.1) is 11.5 Å². The summed E-state index contributed by atoms with van der Waals surface area (Å²) in [5.74, 6) is 1.36. The van der Waals surface area contributed by atoms with Gasteiger partial charge < -0.3 is 9.94 Å². The molecule has 1 saturated carbocycles. The lowest BCUT2D eigenvalue weighted by Gasteiger charge is -2.11. The molecule has 1 N–H and O–H groups in total. The molecule has 170 valence electrons. The van der Waals surface area contributed by atoms with Crippen molar-refractivity contribution in [1.82, 2.24) is 0 Å². The molecular weight excluding hydrogens is 406 g/mol. The molecule has 0 aromatic heterocycles. The van der Waals surface area contributed by atoms with Gasteiger partial charge in [-0.1, -0.05) is 90.6 Å². The molecule has 0 amide bonds. The first-order chi connectivity index (χ1) is 16.1. The number of aliphatic hydroxyl groups is 1. The summed E-state index contributed by atoms with van der Waals surface area (Å²) in [5.41, 5.74) is 6.81. The summed E-state index contributed by atoms with van der Waals surface area (Å²) in [6.45, 7) is 6.13. The van der Waals surface area contributed by atoms with Crippen molar-refractivity contribution in [1.29, 1.82) is 0 Å². The molecule has 3 nitrogen and oxygen atoms in total. The van der Waals surface area contributed by atoms with Crippen LogP contribution in [0.5, 0.6) is 0 Å². The molecule has 1 aliphatic rings. The molecule has 3 aromatic rings. The molecule has 2 unspecified atom stereocenters. The SMILES string of the molecule is C=C(O)C1CCC(CCc2ccc(/C(C)=N/OCc3ccc(-c4ccccc4)cc3)cc2)C1. The molecule has 4 rings (SSSR count). The third kappa shape index (κ3) is 6.35. The van der Waals surface area contributed by atoms with Crippen LogP contribution in [0.25, 0.3) is 11.1 Å². The summed E-state index contributed by atoms with van der Waals surface area (Å²) in [4.78, 5) is 5.62. The Morgan fingerprint density at radius 2 is 1.58 bits per heavy atom. The third-order valence-electron chi connectivity index (χ3n) is 6.72.